The van der Waals surface area contributed by atoms with E-state index >= 15 is 0 Å². The van der Waals surface area contributed by atoms with E-state index in [9.17, 15) is 8.78 Å². The number of nitrogens with zero attached hydrogens (tertiary/aromatic N) is 1. The first-order valence-electron chi connectivity index (χ1n) is 2.78. The van der Waals surface area contributed by atoms with Crippen LogP contribution in [0.15, 0.2) is 6.07 Å². The quantitative estimate of drug-likeness (QED) is 0.346. The monoisotopic (exact) mass is 207 g/mol. The van der Waals surface area contributed by atoms with Crippen molar-refractivity contribution < 1.29 is 8.78 Å². The van der Waals surface area contributed by atoms with Crippen molar-refractivity contribution in [1.29, 1.82) is 0 Å². The molecule has 0 spiro atoms. The van der Waals surface area contributed by atoms with Crippen LogP contribution in [0.25, 0.3) is 4.85 Å². The molecule has 1 nitrogen and oxygen atoms in total. The van der Waals surface area contributed by atoms with Crippen LogP contribution >= 0.6 is 23.2 Å². The molecule has 0 fully saturated rings. The number of rotatable bonds is 0. The smallest absolute Gasteiger partial charge is 0.225 e. The average molecular weight is 208 g/mol. The van der Waals surface area contributed by atoms with Gasteiger partial charge in [-0.05, 0) is 6.07 Å². The van der Waals surface area contributed by atoms with Gasteiger partial charge in [0.05, 0.1) is 11.6 Å². The van der Waals surface area contributed by atoms with Gasteiger partial charge >= 0.3 is 0 Å². The lowest BCUT2D eigenvalue weighted by atomic mass is 10.3. The molecule has 0 saturated heterocycles. The molecule has 0 aliphatic rings. The minimum atomic E-state index is -1.08. The van der Waals surface area contributed by atoms with Gasteiger partial charge < -0.3 is 0 Å². The Morgan fingerprint density at radius 3 is 2.33 bits per heavy atom. The minimum absolute atomic E-state index is 0.354. The fourth-order valence-electron chi connectivity index (χ4n) is 0.642. The number of hydrogen-bond acceptors (Lipinski definition) is 0. The highest BCUT2D eigenvalue weighted by molar-refractivity contribution is 6.35. The second-order valence-corrected chi connectivity index (χ2v) is 2.72. The predicted molar refractivity (Wildman–Crippen MR) is 42.6 cm³/mol. The third-order valence-electron chi connectivity index (χ3n) is 1.20. The summed E-state index contributed by atoms with van der Waals surface area (Å²) in [4.78, 5) is 2.77. The fraction of sp³-hybridized carbons (Fsp3) is 0. The summed E-state index contributed by atoms with van der Waals surface area (Å²) in [5.41, 5.74) is -0.383. The summed E-state index contributed by atoms with van der Waals surface area (Å²) in [6.07, 6.45) is 0. The molecule has 0 aliphatic heterocycles. The topological polar surface area (TPSA) is 4.36 Å². The molecule has 0 N–H and O–H groups in total. The Kier molecular flexibility index (Phi) is 2.51. The molecule has 1 rings (SSSR count). The van der Waals surface area contributed by atoms with Crippen molar-refractivity contribution in [2.45, 2.75) is 0 Å². The predicted octanol–water partition coefficient (Wildman–Crippen LogP) is 3.82. The van der Waals surface area contributed by atoms with Crippen molar-refractivity contribution in [3.05, 3.63) is 39.2 Å². The maximum atomic E-state index is 12.8. The zero-order valence-electron chi connectivity index (χ0n) is 5.54. The summed E-state index contributed by atoms with van der Waals surface area (Å²) < 4.78 is 25.5. The van der Waals surface area contributed by atoms with E-state index in [0.717, 1.165) is 6.07 Å². The third kappa shape index (κ3) is 1.36. The van der Waals surface area contributed by atoms with E-state index in [1.165, 1.54) is 0 Å². The number of halogens is 4. The Labute approximate surface area is 77.3 Å². The van der Waals surface area contributed by atoms with Crippen molar-refractivity contribution >= 4 is 28.9 Å². The zero-order chi connectivity index (χ0) is 9.30. The van der Waals surface area contributed by atoms with Gasteiger partial charge in [0.25, 0.3) is 0 Å². The fourth-order valence-corrected chi connectivity index (χ4v) is 1.09. The van der Waals surface area contributed by atoms with E-state index in [4.69, 9.17) is 29.8 Å². The molecule has 62 valence electrons. The van der Waals surface area contributed by atoms with Gasteiger partial charge in [0.1, 0.15) is 5.02 Å². The summed E-state index contributed by atoms with van der Waals surface area (Å²) >= 11 is 10.5. The third-order valence-corrected chi connectivity index (χ3v) is 1.81. The lowest BCUT2D eigenvalue weighted by Crippen LogP contribution is -1.84. The van der Waals surface area contributed by atoms with Crippen LogP contribution in [0.1, 0.15) is 0 Å². The van der Waals surface area contributed by atoms with Crippen molar-refractivity contribution in [2.75, 3.05) is 0 Å². The lowest BCUT2D eigenvalue weighted by Gasteiger charge is -2.00. The molecule has 12 heavy (non-hydrogen) atoms. The van der Waals surface area contributed by atoms with Crippen LogP contribution in [0.3, 0.4) is 0 Å². The summed E-state index contributed by atoms with van der Waals surface area (Å²) in [5, 5.41) is -1.10. The van der Waals surface area contributed by atoms with Gasteiger partial charge in [0.15, 0.2) is 11.6 Å². The molecule has 0 saturated carbocycles. The normalized spacial score (nSPS) is 9.58. The standard InChI is InChI=1S/C7HCl2F2N/c1-12-4-2-3(8)6(10)5(9)7(4)11/h2H. The first-order chi connectivity index (χ1) is 5.57. The van der Waals surface area contributed by atoms with Crippen LogP contribution in [0.5, 0.6) is 0 Å². The number of benzene rings is 1. The van der Waals surface area contributed by atoms with E-state index < -0.39 is 16.7 Å². The molecule has 1 aromatic carbocycles. The number of hydrogen-bond donors (Lipinski definition) is 0. The van der Waals surface area contributed by atoms with Gasteiger partial charge in [-0.25, -0.2) is 13.6 Å². The summed E-state index contributed by atoms with van der Waals surface area (Å²) in [7, 11) is 0. The SMILES string of the molecule is [C-]#[N+]c1cc(Cl)c(F)c(Cl)c1F. The maximum Gasteiger partial charge on any atom is 0.225 e. The maximum absolute atomic E-state index is 12.8. The van der Waals surface area contributed by atoms with E-state index in [0.29, 0.717) is 0 Å². The molecule has 0 atom stereocenters. The summed E-state index contributed by atoms with van der Waals surface area (Å²) in [6, 6.07) is 0.894. The molecular formula is C7HCl2F2N. The molecule has 0 amide bonds. The molecule has 0 radical (unpaired) electrons. The molecule has 0 unspecified atom stereocenters. The van der Waals surface area contributed by atoms with Crippen LogP contribution in [-0.4, -0.2) is 0 Å². The van der Waals surface area contributed by atoms with Crippen molar-refractivity contribution in [3.63, 3.8) is 0 Å². The second kappa shape index (κ2) is 3.26. The van der Waals surface area contributed by atoms with Crippen LogP contribution in [0.2, 0.25) is 10.0 Å². The molecule has 0 aromatic heterocycles. The Balaban J connectivity index is 3.52. The van der Waals surface area contributed by atoms with Gasteiger partial charge in [-0.3, -0.25) is 0 Å². The van der Waals surface area contributed by atoms with Crippen LogP contribution < -0.4 is 0 Å². The van der Waals surface area contributed by atoms with Gasteiger partial charge in [0.2, 0.25) is 5.69 Å². The van der Waals surface area contributed by atoms with Gasteiger partial charge in [-0.2, -0.15) is 0 Å². The van der Waals surface area contributed by atoms with Gasteiger partial charge in [-0.15, -0.1) is 0 Å². The van der Waals surface area contributed by atoms with Crippen LogP contribution in [0, 0.1) is 18.2 Å². The van der Waals surface area contributed by atoms with Crippen LogP contribution in [-0.2, 0) is 0 Å². The largest absolute Gasteiger partial charge is 0.235 e. The van der Waals surface area contributed by atoms with E-state index in [1.807, 2.05) is 0 Å². The Morgan fingerprint density at radius 1 is 1.25 bits per heavy atom. The van der Waals surface area contributed by atoms with Crippen molar-refractivity contribution in [1.82, 2.24) is 0 Å². The Bertz CT molecular complexity index is 371. The Morgan fingerprint density at radius 2 is 1.83 bits per heavy atom. The molecule has 0 heterocycles. The lowest BCUT2D eigenvalue weighted by molar-refractivity contribution is 0.588. The minimum Gasteiger partial charge on any atom is -0.235 e. The first-order valence-corrected chi connectivity index (χ1v) is 3.54. The molecule has 1 aromatic rings. The molecule has 0 aliphatic carbocycles. The van der Waals surface area contributed by atoms with E-state index in [1.54, 1.807) is 0 Å². The van der Waals surface area contributed by atoms with Crippen molar-refractivity contribution in [3.8, 4) is 0 Å². The van der Waals surface area contributed by atoms with E-state index in [2.05, 4.69) is 4.85 Å². The van der Waals surface area contributed by atoms with Gasteiger partial charge in [-0.1, -0.05) is 23.2 Å². The van der Waals surface area contributed by atoms with Gasteiger partial charge in [0, 0.05) is 0 Å². The summed E-state index contributed by atoms with van der Waals surface area (Å²) in [5.74, 6) is -2.11. The molecule has 0 bridgehead atoms. The molecular weight excluding hydrogens is 207 g/mol. The molecule has 5 heteroatoms. The van der Waals surface area contributed by atoms with Crippen molar-refractivity contribution in [2.24, 2.45) is 0 Å². The van der Waals surface area contributed by atoms with E-state index in [-0.39, 0.29) is 10.7 Å². The highest BCUT2D eigenvalue weighted by atomic mass is 35.5. The Hall–Kier alpha value is -0.850. The highest BCUT2D eigenvalue weighted by Crippen LogP contribution is 2.32. The summed E-state index contributed by atoms with van der Waals surface area (Å²) in [6.45, 7) is 6.49. The zero-order valence-corrected chi connectivity index (χ0v) is 7.05. The highest BCUT2D eigenvalue weighted by Gasteiger charge is 2.15. The van der Waals surface area contributed by atoms with Crippen LogP contribution in [0.4, 0.5) is 14.5 Å². The first kappa shape index (κ1) is 9.24. The average Bonchev–Trinajstić information content (AvgIpc) is 2.08. The second-order valence-electron chi connectivity index (χ2n) is 1.93.